The molecule has 0 aliphatic heterocycles. The van der Waals surface area contributed by atoms with Crippen molar-refractivity contribution in [2.24, 2.45) is 5.73 Å². The molecule has 0 bridgehead atoms. The minimum Gasteiger partial charge on any atom is -0.382 e. The number of hydrogen-bond acceptors (Lipinski definition) is 4. The van der Waals surface area contributed by atoms with Gasteiger partial charge in [-0.2, -0.15) is 0 Å². The normalized spacial score (nSPS) is 12.7. The zero-order chi connectivity index (χ0) is 11.8. The summed E-state index contributed by atoms with van der Waals surface area (Å²) in [5.41, 5.74) is 8.07. The molecule has 4 heteroatoms. The van der Waals surface area contributed by atoms with Crippen molar-refractivity contribution in [3.8, 4) is 0 Å². The molecular formula is C12H20N2O2. The molecule has 0 fully saturated rings. The first-order chi connectivity index (χ1) is 7.74. The number of aryl methyl sites for hydroxylation is 1. The molecule has 2 N–H and O–H groups in total. The van der Waals surface area contributed by atoms with Crippen molar-refractivity contribution in [3.63, 3.8) is 0 Å². The summed E-state index contributed by atoms with van der Waals surface area (Å²) in [5.74, 6) is 0. The summed E-state index contributed by atoms with van der Waals surface area (Å²) in [6.07, 6.45) is 2.63. The molecular weight excluding hydrogens is 204 g/mol. The zero-order valence-electron chi connectivity index (χ0n) is 9.98. The second-order valence-electron chi connectivity index (χ2n) is 3.73. The van der Waals surface area contributed by atoms with Crippen LogP contribution in [-0.2, 0) is 9.47 Å². The molecule has 0 radical (unpaired) electrons. The van der Waals surface area contributed by atoms with Gasteiger partial charge in [0, 0.05) is 31.6 Å². The van der Waals surface area contributed by atoms with E-state index in [4.69, 9.17) is 15.2 Å². The van der Waals surface area contributed by atoms with Crippen LogP contribution in [0.1, 0.15) is 23.7 Å². The summed E-state index contributed by atoms with van der Waals surface area (Å²) >= 11 is 0. The number of methoxy groups -OCH3 is 1. The number of pyridine rings is 1. The number of rotatable bonds is 7. The van der Waals surface area contributed by atoms with E-state index >= 15 is 0 Å². The van der Waals surface area contributed by atoms with Crippen LogP contribution in [0, 0.1) is 6.92 Å². The molecule has 1 aromatic rings. The Morgan fingerprint density at radius 3 is 2.75 bits per heavy atom. The van der Waals surface area contributed by atoms with Gasteiger partial charge >= 0.3 is 0 Å². The third kappa shape index (κ3) is 4.70. The van der Waals surface area contributed by atoms with Gasteiger partial charge in [-0.1, -0.05) is 6.07 Å². The highest BCUT2D eigenvalue weighted by molar-refractivity contribution is 5.16. The molecule has 1 rings (SSSR count). The van der Waals surface area contributed by atoms with Crippen LogP contribution < -0.4 is 5.73 Å². The topological polar surface area (TPSA) is 57.4 Å². The lowest BCUT2D eigenvalue weighted by Gasteiger charge is -2.11. The Morgan fingerprint density at radius 2 is 2.12 bits per heavy atom. The van der Waals surface area contributed by atoms with Crippen LogP contribution in [0.15, 0.2) is 18.3 Å². The summed E-state index contributed by atoms with van der Waals surface area (Å²) in [4.78, 5) is 4.22. The Balaban J connectivity index is 2.24. The van der Waals surface area contributed by atoms with Crippen molar-refractivity contribution in [1.82, 2.24) is 4.98 Å². The summed E-state index contributed by atoms with van der Waals surface area (Å²) < 4.78 is 10.2. The third-order valence-corrected chi connectivity index (χ3v) is 2.37. The van der Waals surface area contributed by atoms with Gasteiger partial charge in [-0.3, -0.25) is 4.98 Å². The molecule has 0 saturated carbocycles. The van der Waals surface area contributed by atoms with Gasteiger partial charge in [0.2, 0.25) is 0 Å². The maximum Gasteiger partial charge on any atom is 0.0700 e. The first kappa shape index (κ1) is 13.1. The molecule has 0 saturated heterocycles. The second kappa shape index (κ2) is 7.33. The molecule has 4 nitrogen and oxygen atoms in total. The lowest BCUT2D eigenvalue weighted by molar-refractivity contribution is 0.0672. The highest BCUT2D eigenvalue weighted by Crippen LogP contribution is 2.12. The van der Waals surface area contributed by atoms with E-state index in [1.807, 2.05) is 25.3 Å². The van der Waals surface area contributed by atoms with E-state index in [1.54, 1.807) is 7.11 Å². The molecule has 1 unspecified atom stereocenters. The van der Waals surface area contributed by atoms with E-state index in [2.05, 4.69) is 4.98 Å². The molecule has 90 valence electrons. The summed E-state index contributed by atoms with van der Waals surface area (Å²) in [6, 6.07) is 3.99. The van der Waals surface area contributed by atoms with Crippen molar-refractivity contribution in [2.75, 3.05) is 26.9 Å². The van der Waals surface area contributed by atoms with Gasteiger partial charge in [0.05, 0.1) is 13.2 Å². The van der Waals surface area contributed by atoms with Crippen LogP contribution >= 0.6 is 0 Å². The minimum atomic E-state index is -0.00403. The maximum absolute atomic E-state index is 6.01. The molecule has 0 aliphatic carbocycles. The fraction of sp³-hybridized carbons (Fsp3) is 0.583. The smallest absolute Gasteiger partial charge is 0.0700 e. The minimum absolute atomic E-state index is 0.00403. The van der Waals surface area contributed by atoms with E-state index in [1.165, 1.54) is 0 Å². The number of aromatic nitrogens is 1. The van der Waals surface area contributed by atoms with Gasteiger partial charge in [0.1, 0.15) is 0 Å². The number of nitrogens with two attached hydrogens (primary N) is 1. The molecule has 0 aliphatic rings. The Labute approximate surface area is 96.8 Å². The first-order valence-corrected chi connectivity index (χ1v) is 5.49. The van der Waals surface area contributed by atoms with E-state index in [0.717, 1.165) is 17.7 Å². The van der Waals surface area contributed by atoms with Gasteiger partial charge < -0.3 is 15.2 Å². The lowest BCUT2D eigenvalue weighted by atomic mass is 10.1. The van der Waals surface area contributed by atoms with Crippen LogP contribution in [0.25, 0.3) is 0 Å². The van der Waals surface area contributed by atoms with Crippen molar-refractivity contribution < 1.29 is 9.47 Å². The maximum atomic E-state index is 6.01. The quantitative estimate of drug-likeness (QED) is 0.712. The Kier molecular flexibility index (Phi) is 6.00. The van der Waals surface area contributed by atoms with Gasteiger partial charge in [-0.15, -0.1) is 0 Å². The van der Waals surface area contributed by atoms with Crippen LogP contribution in [0.4, 0.5) is 0 Å². The fourth-order valence-electron chi connectivity index (χ4n) is 1.32. The summed E-state index contributed by atoms with van der Waals surface area (Å²) in [5, 5.41) is 0. The standard InChI is InChI=1S/C12H20N2O2/c1-10-3-4-11(9-14-10)12(13)5-6-16-8-7-15-2/h3-4,9,12H,5-8,13H2,1-2H3. The van der Waals surface area contributed by atoms with Gasteiger partial charge in [-0.05, 0) is 25.0 Å². The Bertz CT molecular complexity index is 288. The molecule has 16 heavy (non-hydrogen) atoms. The highest BCUT2D eigenvalue weighted by atomic mass is 16.5. The zero-order valence-corrected chi connectivity index (χ0v) is 9.98. The van der Waals surface area contributed by atoms with E-state index in [9.17, 15) is 0 Å². The summed E-state index contributed by atoms with van der Waals surface area (Å²) in [7, 11) is 1.66. The number of ether oxygens (including phenoxy) is 2. The van der Waals surface area contributed by atoms with Gasteiger partial charge in [-0.25, -0.2) is 0 Å². The monoisotopic (exact) mass is 224 g/mol. The van der Waals surface area contributed by atoms with Crippen LogP contribution in [0.2, 0.25) is 0 Å². The van der Waals surface area contributed by atoms with Crippen molar-refractivity contribution in [2.45, 2.75) is 19.4 Å². The number of hydrogen-bond donors (Lipinski definition) is 1. The average molecular weight is 224 g/mol. The Morgan fingerprint density at radius 1 is 1.31 bits per heavy atom. The van der Waals surface area contributed by atoms with E-state index in [-0.39, 0.29) is 6.04 Å². The largest absolute Gasteiger partial charge is 0.382 e. The molecule has 1 heterocycles. The molecule has 0 aromatic carbocycles. The third-order valence-electron chi connectivity index (χ3n) is 2.37. The average Bonchev–Trinajstić information content (AvgIpc) is 2.29. The molecule has 1 atom stereocenters. The van der Waals surface area contributed by atoms with Crippen LogP contribution in [0.5, 0.6) is 0 Å². The molecule has 1 aromatic heterocycles. The predicted molar refractivity (Wildman–Crippen MR) is 63.2 cm³/mol. The number of nitrogens with zero attached hydrogens (tertiary/aromatic N) is 1. The van der Waals surface area contributed by atoms with Crippen LogP contribution in [0.3, 0.4) is 0 Å². The van der Waals surface area contributed by atoms with Crippen LogP contribution in [-0.4, -0.2) is 31.9 Å². The molecule has 0 spiro atoms. The second-order valence-corrected chi connectivity index (χ2v) is 3.73. The van der Waals surface area contributed by atoms with Gasteiger partial charge in [0.15, 0.2) is 0 Å². The summed E-state index contributed by atoms with van der Waals surface area (Å²) in [6.45, 7) is 3.86. The SMILES string of the molecule is COCCOCCC(N)c1ccc(C)nc1. The van der Waals surface area contributed by atoms with Crippen molar-refractivity contribution in [1.29, 1.82) is 0 Å². The first-order valence-electron chi connectivity index (χ1n) is 5.49. The van der Waals surface area contributed by atoms with Crippen molar-refractivity contribution in [3.05, 3.63) is 29.6 Å². The van der Waals surface area contributed by atoms with Gasteiger partial charge in [0.25, 0.3) is 0 Å². The fourth-order valence-corrected chi connectivity index (χ4v) is 1.32. The lowest BCUT2D eigenvalue weighted by Crippen LogP contribution is -2.14. The highest BCUT2D eigenvalue weighted by Gasteiger charge is 2.05. The van der Waals surface area contributed by atoms with E-state index in [0.29, 0.717) is 19.8 Å². The Hall–Kier alpha value is -0.970. The molecule has 0 amide bonds. The predicted octanol–water partition coefficient (Wildman–Crippen LogP) is 1.44. The van der Waals surface area contributed by atoms with Crippen molar-refractivity contribution >= 4 is 0 Å². The van der Waals surface area contributed by atoms with E-state index < -0.39 is 0 Å².